The Morgan fingerprint density at radius 2 is 1.86 bits per heavy atom. The van der Waals surface area contributed by atoms with Gasteiger partial charge < -0.3 is 24.6 Å². The summed E-state index contributed by atoms with van der Waals surface area (Å²) in [7, 11) is 3.41. The smallest absolute Gasteiger partial charge is 0.297 e. The van der Waals surface area contributed by atoms with E-state index < -0.39 is 6.61 Å². The first-order chi connectivity index (χ1) is 24.0. The molecular formula is C37H45N9O4. The van der Waals surface area contributed by atoms with Crippen molar-refractivity contribution in [2.45, 2.75) is 59.2 Å². The molecule has 1 saturated heterocycles. The van der Waals surface area contributed by atoms with Crippen molar-refractivity contribution in [2.75, 3.05) is 43.6 Å². The van der Waals surface area contributed by atoms with Crippen molar-refractivity contribution in [3.8, 4) is 16.9 Å². The molecule has 50 heavy (non-hydrogen) atoms. The summed E-state index contributed by atoms with van der Waals surface area (Å²) >= 11 is 0. The number of ether oxygens (including phenoxy) is 1. The van der Waals surface area contributed by atoms with E-state index in [1.807, 2.05) is 28.8 Å². The zero-order valence-electron chi connectivity index (χ0n) is 29.6. The van der Waals surface area contributed by atoms with Gasteiger partial charge in [-0.1, -0.05) is 13.8 Å². The van der Waals surface area contributed by atoms with Gasteiger partial charge in [-0.15, -0.1) is 0 Å². The Bertz CT molecular complexity index is 2170. The van der Waals surface area contributed by atoms with Crippen molar-refractivity contribution in [1.29, 1.82) is 0 Å². The summed E-state index contributed by atoms with van der Waals surface area (Å²) in [4.78, 5) is 41.0. The highest BCUT2D eigenvalue weighted by Gasteiger charge is 2.32. The van der Waals surface area contributed by atoms with Gasteiger partial charge in [0.25, 0.3) is 11.1 Å². The molecule has 262 valence electrons. The van der Waals surface area contributed by atoms with Gasteiger partial charge in [0.15, 0.2) is 5.82 Å². The summed E-state index contributed by atoms with van der Waals surface area (Å²) in [6.07, 6.45) is 8.55. The minimum atomic E-state index is -0.393. The number of aliphatic hydroxyl groups is 1. The quantitative estimate of drug-likeness (QED) is 0.238. The molecule has 0 unspecified atom stereocenters. The third-order valence-electron chi connectivity index (χ3n) is 10.2. The molecule has 0 bridgehead atoms. The van der Waals surface area contributed by atoms with Gasteiger partial charge in [-0.05, 0) is 73.6 Å². The van der Waals surface area contributed by atoms with Crippen LogP contribution in [0.1, 0.15) is 44.5 Å². The summed E-state index contributed by atoms with van der Waals surface area (Å²) in [6.45, 7) is 11.9. The number of pyridine rings is 3. The number of hydrogen-bond donors (Lipinski definition) is 2. The van der Waals surface area contributed by atoms with Crippen LogP contribution in [-0.4, -0.2) is 84.2 Å². The van der Waals surface area contributed by atoms with Crippen LogP contribution in [0.5, 0.6) is 0 Å². The van der Waals surface area contributed by atoms with Crippen molar-refractivity contribution in [3.63, 3.8) is 0 Å². The molecule has 5 aromatic rings. The third kappa shape index (κ3) is 6.10. The minimum Gasteiger partial charge on any atom is -0.392 e. The summed E-state index contributed by atoms with van der Waals surface area (Å²) in [5.74, 6) is 0.773. The minimum absolute atomic E-state index is 0.140. The van der Waals surface area contributed by atoms with E-state index in [-0.39, 0.29) is 22.4 Å². The fourth-order valence-electron chi connectivity index (χ4n) is 7.60. The van der Waals surface area contributed by atoms with E-state index in [0.29, 0.717) is 52.4 Å². The summed E-state index contributed by atoms with van der Waals surface area (Å²) in [5.41, 5.74) is 5.44. The van der Waals surface area contributed by atoms with Gasteiger partial charge in [0.2, 0.25) is 0 Å². The molecule has 1 aliphatic heterocycles. The number of methoxy groups -OCH3 is 1. The molecular weight excluding hydrogens is 634 g/mol. The van der Waals surface area contributed by atoms with Crippen LogP contribution in [0.4, 0.5) is 17.2 Å². The Hall–Kier alpha value is -4.85. The topological polar surface area (TPSA) is 135 Å². The number of piperazine rings is 1. The van der Waals surface area contributed by atoms with Crippen LogP contribution in [0.2, 0.25) is 0 Å². The van der Waals surface area contributed by atoms with Gasteiger partial charge in [0.1, 0.15) is 23.3 Å². The Morgan fingerprint density at radius 3 is 2.60 bits per heavy atom. The average molecular weight is 680 g/mol. The number of fused-ring (bicyclic) bond motifs is 3. The van der Waals surface area contributed by atoms with Crippen LogP contribution < -0.4 is 21.3 Å². The van der Waals surface area contributed by atoms with E-state index in [2.05, 4.69) is 57.9 Å². The van der Waals surface area contributed by atoms with Crippen molar-refractivity contribution in [2.24, 2.45) is 12.5 Å². The fraction of sp³-hybridized carbons (Fsp3) is 0.432. The van der Waals surface area contributed by atoms with E-state index >= 15 is 0 Å². The predicted molar refractivity (Wildman–Crippen MR) is 194 cm³/mol. The highest BCUT2D eigenvalue weighted by atomic mass is 16.5. The van der Waals surface area contributed by atoms with Gasteiger partial charge in [-0.3, -0.25) is 18.9 Å². The number of aryl methyl sites for hydroxylation is 1. The normalized spacial score (nSPS) is 18.9. The predicted octanol–water partition coefficient (Wildman–Crippen LogP) is 3.55. The van der Waals surface area contributed by atoms with Crippen molar-refractivity contribution in [1.82, 2.24) is 33.6 Å². The number of nitrogens with one attached hydrogen (secondary N) is 1. The monoisotopic (exact) mass is 679 g/mol. The lowest BCUT2D eigenvalue weighted by Gasteiger charge is -2.45. The van der Waals surface area contributed by atoms with E-state index in [9.17, 15) is 14.7 Å². The van der Waals surface area contributed by atoms with E-state index in [1.165, 1.54) is 9.25 Å². The number of aromatic nitrogens is 6. The van der Waals surface area contributed by atoms with Gasteiger partial charge in [0.05, 0.1) is 25.1 Å². The molecule has 0 amide bonds. The molecule has 0 saturated carbocycles. The van der Waals surface area contributed by atoms with Crippen LogP contribution in [0, 0.1) is 5.41 Å². The molecule has 13 heteroatoms. The first-order valence-electron chi connectivity index (χ1n) is 17.1. The molecule has 0 spiro atoms. The van der Waals surface area contributed by atoms with Crippen LogP contribution >= 0.6 is 0 Å². The molecule has 0 radical (unpaired) electrons. The fourth-order valence-corrected chi connectivity index (χ4v) is 7.60. The Kier molecular flexibility index (Phi) is 8.83. The maximum absolute atomic E-state index is 13.8. The number of rotatable bonds is 9. The molecule has 2 atom stereocenters. The summed E-state index contributed by atoms with van der Waals surface area (Å²) in [5, 5.41) is 18.3. The number of hydrogen-bond acceptors (Lipinski definition) is 10. The van der Waals surface area contributed by atoms with Crippen LogP contribution in [0.3, 0.4) is 0 Å². The lowest BCUT2D eigenvalue weighted by atomic mass is 9.90. The molecule has 7 rings (SSSR count). The Morgan fingerprint density at radius 1 is 1.04 bits per heavy atom. The molecule has 0 aromatic carbocycles. The lowest BCUT2D eigenvalue weighted by Crippen LogP contribution is -2.57. The highest BCUT2D eigenvalue weighted by Crippen LogP contribution is 2.37. The first kappa shape index (κ1) is 33.6. The van der Waals surface area contributed by atoms with Crippen LogP contribution in [0.25, 0.3) is 22.5 Å². The van der Waals surface area contributed by atoms with Gasteiger partial charge in [-0.25, -0.2) is 9.97 Å². The first-order valence-corrected chi connectivity index (χ1v) is 17.1. The van der Waals surface area contributed by atoms with Gasteiger partial charge in [-0.2, -0.15) is 9.78 Å². The SMILES string of the molecule is COCCN1C[C@H](C)N(c2ccc(Nc3cc(-c4ccnc(-n5ncn6c7c(cc6c5=O)CC(C)(C)C7)c4CO)cn(C)c3=O)nc2)C[C@H]1C. The largest absolute Gasteiger partial charge is 0.392 e. The number of anilines is 3. The highest BCUT2D eigenvalue weighted by molar-refractivity contribution is 5.73. The molecule has 2 aliphatic rings. The van der Waals surface area contributed by atoms with Crippen molar-refractivity contribution < 1.29 is 9.84 Å². The lowest BCUT2D eigenvalue weighted by molar-refractivity contribution is 0.106. The third-order valence-corrected chi connectivity index (χ3v) is 10.2. The standard InChI is InChI=1S/C37H45N9O4/c1-23-19-44(24(2)18-43(23)11-12-50-6)27-7-8-33(39-17-27)41-30-13-26(20-42(5)35(30)48)28-9-10-38-34(29(28)21-47)46-36(49)31-14-25-15-37(3,4)16-32(25)45(31)22-40-46/h7-10,13-14,17,20,22-24,47H,11-12,15-16,18-19,21H2,1-6H3,(H,39,41)/t23-,24+/m1/s1. The zero-order valence-corrected chi connectivity index (χ0v) is 29.6. The number of aliphatic hydroxyl groups excluding tert-OH is 1. The van der Waals surface area contributed by atoms with Crippen molar-refractivity contribution in [3.05, 3.63) is 92.8 Å². The Balaban J connectivity index is 1.17. The van der Waals surface area contributed by atoms with Crippen LogP contribution in [-0.2, 0) is 31.2 Å². The number of nitrogens with zero attached hydrogens (tertiary/aromatic N) is 8. The second-order valence-corrected chi connectivity index (χ2v) is 14.5. The second-order valence-electron chi connectivity index (χ2n) is 14.5. The van der Waals surface area contributed by atoms with Crippen LogP contribution in [0.15, 0.2) is 64.8 Å². The van der Waals surface area contributed by atoms with Crippen molar-refractivity contribution >= 4 is 22.7 Å². The van der Waals surface area contributed by atoms with Gasteiger partial charge >= 0.3 is 0 Å². The molecule has 1 aliphatic carbocycles. The molecule has 1 fully saturated rings. The molecule has 6 heterocycles. The van der Waals surface area contributed by atoms with E-state index in [0.717, 1.165) is 49.4 Å². The maximum atomic E-state index is 13.8. The second kappa shape index (κ2) is 13.1. The molecule has 13 nitrogen and oxygen atoms in total. The molecule has 5 aromatic heterocycles. The van der Waals surface area contributed by atoms with E-state index in [1.54, 1.807) is 45.0 Å². The summed E-state index contributed by atoms with van der Waals surface area (Å²) in [6, 6.07) is 10.0. The van der Waals surface area contributed by atoms with E-state index in [4.69, 9.17) is 4.74 Å². The summed E-state index contributed by atoms with van der Waals surface area (Å²) < 4.78 is 9.90. The average Bonchev–Trinajstić information content (AvgIpc) is 3.59. The zero-order chi connectivity index (χ0) is 35.3. The molecule has 2 N–H and O–H groups in total. The Labute approximate surface area is 290 Å². The van der Waals surface area contributed by atoms with Gasteiger partial charge in [0, 0.05) is 75.1 Å². The maximum Gasteiger partial charge on any atom is 0.297 e.